The summed E-state index contributed by atoms with van der Waals surface area (Å²) >= 11 is 0. The lowest BCUT2D eigenvalue weighted by molar-refractivity contribution is -0.201. The molecule has 29 heavy (non-hydrogen) atoms. The molecule has 0 amide bonds. The molecule has 1 aliphatic rings. The standard InChI is InChI=1S/C19H21BF3NO4S/c1-17(2)18(3,16(19(21,22)23)14-10-6-4-7-11-14)28-20(27-17)24-29(25,26)15-12-8-5-9-13-15/h4-13,16,24H,1-3H3. The first-order chi connectivity index (χ1) is 13.4. The van der Waals surface area contributed by atoms with E-state index in [9.17, 15) is 21.6 Å². The topological polar surface area (TPSA) is 64.6 Å². The summed E-state index contributed by atoms with van der Waals surface area (Å²) in [5, 5.41) is 0. The van der Waals surface area contributed by atoms with Crippen LogP contribution in [0.4, 0.5) is 13.2 Å². The van der Waals surface area contributed by atoms with E-state index in [1.54, 1.807) is 12.1 Å². The molecule has 0 spiro atoms. The van der Waals surface area contributed by atoms with E-state index in [0.29, 0.717) is 0 Å². The largest absolute Gasteiger partial charge is 0.570 e. The van der Waals surface area contributed by atoms with Gasteiger partial charge < -0.3 is 9.31 Å². The highest BCUT2D eigenvalue weighted by molar-refractivity contribution is 7.90. The Bertz CT molecular complexity index is 954. The van der Waals surface area contributed by atoms with Crippen LogP contribution in [0.1, 0.15) is 32.3 Å². The number of rotatable bonds is 5. The van der Waals surface area contributed by atoms with Gasteiger partial charge in [0.1, 0.15) is 5.92 Å². The molecule has 1 aliphatic heterocycles. The predicted molar refractivity (Wildman–Crippen MR) is 102 cm³/mol. The van der Waals surface area contributed by atoms with E-state index in [-0.39, 0.29) is 10.5 Å². The van der Waals surface area contributed by atoms with Gasteiger partial charge in [-0.3, -0.25) is 0 Å². The molecule has 2 aromatic rings. The van der Waals surface area contributed by atoms with Gasteiger partial charge in [-0.05, 0) is 38.5 Å². The first kappa shape index (κ1) is 21.8. The van der Waals surface area contributed by atoms with Gasteiger partial charge in [0.25, 0.3) is 0 Å². The summed E-state index contributed by atoms with van der Waals surface area (Å²) in [6.07, 6.45) is -4.65. The number of nitrogens with one attached hydrogen (secondary N) is 1. The average molecular weight is 427 g/mol. The highest BCUT2D eigenvalue weighted by atomic mass is 32.2. The van der Waals surface area contributed by atoms with Crippen LogP contribution in [-0.2, 0) is 19.3 Å². The fourth-order valence-electron chi connectivity index (χ4n) is 3.50. The highest BCUT2D eigenvalue weighted by Gasteiger charge is 2.65. The van der Waals surface area contributed by atoms with Gasteiger partial charge in [-0.2, -0.15) is 17.8 Å². The molecule has 10 heteroatoms. The molecule has 0 aliphatic carbocycles. The predicted octanol–water partition coefficient (Wildman–Crippen LogP) is 3.88. The molecule has 1 fully saturated rings. The normalized spacial score (nSPS) is 23.2. The summed E-state index contributed by atoms with van der Waals surface area (Å²) in [6, 6.07) is 14.8. The van der Waals surface area contributed by atoms with Crippen molar-refractivity contribution in [3.05, 3.63) is 66.2 Å². The van der Waals surface area contributed by atoms with Crippen molar-refractivity contribution in [3.63, 3.8) is 0 Å². The molecule has 1 N–H and O–H groups in total. The maximum atomic E-state index is 14.1. The van der Waals surface area contributed by atoms with Crippen LogP contribution in [0.3, 0.4) is 0 Å². The Morgan fingerprint density at radius 1 is 0.931 bits per heavy atom. The molecule has 2 aromatic carbocycles. The SMILES string of the molecule is CC1(C)OB(NS(=O)(=O)c2ccccc2)OC1(C)C(c1ccccc1)C(F)(F)F. The quantitative estimate of drug-likeness (QED) is 0.736. The zero-order valence-corrected chi connectivity index (χ0v) is 16.9. The van der Waals surface area contributed by atoms with Crippen molar-refractivity contribution in [1.82, 2.24) is 4.63 Å². The second-order valence-electron chi connectivity index (χ2n) is 7.50. The minimum absolute atomic E-state index is 0.00532. The summed E-state index contributed by atoms with van der Waals surface area (Å²) < 4.78 is 80.9. The molecule has 0 saturated carbocycles. The van der Waals surface area contributed by atoms with Crippen LogP contribution >= 0.6 is 0 Å². The minimum atomic E-state index is -4.65. The number of alkyl halides is 3. The van der Waals surface area contributed by atoms with E-state index in [1.807, 2.05) is 0 Å². The van der Waals surface area contributed by atoms with Gasteiger partial charge in [0.05, 0.1) is 16.1 Å². The van der Waals surface area contributed by atoms with Crippen LogP contribution in [0.5, 0.6) is 0 Å². The Hall–Kier alpha value is -1.88. The number of hydrogen-bond acceptors (Lipinski definition) is 4. The van der Waals surface area contributed by atoms with Crippen molar-refractivity contribution in [2.24, 2.45) is 0 Å². The monoisotopic (exact) mass is 427 g/mol. The van der Waals surface area contributed by atoms with E-state index in [0.717, 1.165) is 0 Å². The van der Waals surface area contributed by atoms with E-state index in [1.165, 1.54) is 69.3 Å². The fraction of sp³-hybridized carbons (Fsp3) is 0.368. The van der Waals surface area contributed by atoms with E-state index < -0.39 is 40.6 Å². The number of hydrogen-bond donors (Lipinski definition) is 1. The van der Waals surface area contributed by atoms with Crippen molar-refractivity contribution in [3.8, 4) is 0 Å². The number of sulfonamides is 1. The summed E-state index contributed by atoms with van der Waals surface area (Å²) in [7, 11) is -5.63. The van der Waals surface area contributed by atoms with Gasteiger partial charge in [-0.15, -0.1) is 0 Å². The number of benzene rings is 2. The Morgan fingerprint density at radius 3 is 1.97 bits per heavy atom. The molecule has 0 aromatic heterocycles. The van der Waals surface area contributed by atoms with E-state index >= 15 is 0 Å². The smallest absolute Gasteiger partial charge is 0.389 e. The minimum Gasteiger partial charge on any atom is -0.389 e. The lowest BCUT2D eigenvalue weighted by Crippen LogP contribution is -2.54. The Morgan fingerprint density at radius 2 is 1.45 bits per heavy atom. The second-order valence-corrected chi connectivity index (χ2v) is 9.22. The summed E-state index contributed by atoms with van der Waals surface area (Å²) in [4.78, 5) is -0.0472. The lowest BCUT2D eigenvalue weighted by atomic mass is 9.73. The third-order valence-corrected chi connectivity index (χ3v) is 6.66. The molecular weight excluding hydrogens is 406 g/mol. The first-order valence-electron chi connectivity index (χ1n) is 8.91. The van der Waals surface area contributed by atoms with Crippen LogP contribution in [0.2, 0.25) is 0 Å². The maximum Gasteiger partial charge on any atom is 0.570 e. The molecule has 0 bridgehead atoms. The van der Waals surface area contributed by atoms with Gasteiger partial charge in [-0.1, -0.05) is 48.5 Å². The fourth-order valence-corrected chi connectivity index (χ4v) is 4.50. The summed E-state index contributed by atoms with van der Waals surface area (Å²) in [6.45, 7) is 4.19. The summed E-state index contributed by atoms with van der Waals surface area (Å²) in [5.74, 6) is -2.03. The summed E-state index contributed by atoms with van der Waals surface area (Å²) in [5.41, 5.74) is -3.34. The van der Waals surface area contributed by atoms with Crippen molar-refractivity contribution >= 4 is 17.3 Å². The molecular formula is C19H21BF3NO4S. The van der Waals surface area contributed by atoms with Gasteiger partial charge in [0.15, 0.2) is 0 Å². The van der Waals surface area contributed by atoms with E-state index in [2.05, 4.69) is 4.63 Å². The van der Waals surface area contributed by atoms with Crippen LogP contribution < -0.4 is 4.63 Å². The van der Waals surface area contributed by atoms with Crippen LogP contribution in [0, 0.1) is 0 Å². The lowest BCUT2D eigenvalue weighted by Gasteiger charge is -2.43. The van der Waals surface area contributed by atoms with Crippen molar-refractivity contribution in [2.75, 3.05) is 0 Å². The maximum absolute atomic E-state index is 14.1. The Balaban J connectivity index is 1.95. The molecule has 2 atom stereocenters. The van der Waals surface area contributed by atoms with Gasteiger partial charge >= 0.3 is 13.4 Å². The van der Waals surface area contributed by atoms with Crippen LogP contribution in [0.15, 0.2) is 65.6 Å². The highest BCUT2D eigenvalue weighted by Crippen LogP contribution is 2.52. The molecule has 2 unspecified atom stereocenters. The van der Waals surface area contributed by atoms with Crippen molar-refractivity contribution < 1.29 is 30.9 Å². The van der Waals surface area contributed by atoms with Gasteiger partial charge in [-0.25, -0.2) is 8.42 Å². The van der Waals surface area contributed by atoms with E-state index in [4.69, 9.17) is 9.31 Å². The third kappa shape index (κ3) is 4.21. The molecule has 1 saturated heterocycles. The number of halogens is 3. The molecule has 3 rings (SSSR count). The Labute approximate surface area is 168 Å². The van der Waals surface area contributed by atoms with Gasteiger partial charge in [0, 0.05) is 0 Å². The van der Waals surface area contributed by atoms with Gasteiger partial charge in [0.2, 0.25) is 10.0 Å². The molecule has 156 valence electrons. The van der Waals surface area contributed by atoms with Crippen LogP contribution in [-0.4, -0.2) is 33.0 Å². The zero-order valence-electron chi connectivity index (χ0n) is 16.1. The molecule has 1 heterocycles. The third-order valence-electron chi connectivity index (χ3n) is 5.26. The molecule has 0 radical (unpaired) electrons. The average Bonchev–Trinajstić information content (AvgIpc) is 2.83. The van der Waals surface area contributed by atoms with Crippen molar-refractivity contribution in [1.29, 1.82) is 0 Å². The van der Waals surface area contributed by atoms with Crippen LogP contribution in [0.25, 0.3) is 0 Å². The second kappa shape index (κ2) is 7.43. The molecule has 5 nitrogen and oxygen atoms in total. The first-order valence-corrected chi connectivity index (χ1v) is 10.4. The zero-order chi connectivity index (χ0) is 21.5. The van der Waals surface area contributed by atoms with Crippen molar-refractivity contribution in [2.45, 2.75) is 49.0 Å². The Kier molecular flexibility index (Phi) is 5.59.